The van der Waals surface area contributed by atoms with E-state index in [2.05, 4.69) is 0 Å². The summed E-state index contributed by atoms with van der Waals surface area (Å²) in [5, 5.41) is 0. The maximum absolute atomic E-state index is 12.2. The van der Waals surface area contributed by atoms with Gasteiger partial charge in [-0.25, -0.2) is 9.59 Å². The van der Waals surface area contributed by atoms with Crippen LogP contribution in [-0.2, 0) is 9.47 Å². The Morgan fingerprint density at radius 2 is 1.44 bits per heavy atom. The Hall–Kier alpha value is -2.66. The number of esters is 2. The van der Waals surface area contributed by atoms with Crippen LogP contribution in [0.25, 0.3) is 0 Å². The first-order valence-electron chi connectivity index (χ1n) is 8.37. The second kappa shape index (κ2) is 7.94. The number of carbonyl (C=O) groups is 2. The molecule has 0 bridgehead atoms. The van der Waals surface area contributed by atoms with Gasteiger partial charge in [-0.2, -0.15) is 0 Å². The molecule has 0 unspecified atom stereocenters. The molecule has 2 aromatic carbocycles. The number of nitrogens with two attached hydrogens (primary N) is 1. The van der Waals surface area contributed by atoms with Gasteiger partial charge in [-0.05, 0) is 37.1 Å². The van der Waals surface area contributed by atoms with Crippen LogP contribution in [0.2, 0.25) is 0 Å². The van der Waals surface area contributed by atoms with Crippen molar-refractivity contribution in [1.29, 1.82) is 0 Å². The smallest absolute Gasteiger partial charge is 0.338 e. The quantitative estimate of drug-likeness (QED) is 0.848. The van der Waals surface area contributed by atoms with E-state index in [1.807, 2.05) is 12.1 Å². The van der Waals surface area contributed by atoms with Gasteiger partial charge in [0, 0.05) is 12.0 Å². The molecule has 0 aromatic heterocycles. The number of ether oxygens (including phenoxy) is 2. The van der Waals surface area contributed by atoms with Crippen LogP contribution in [0.5, 0.6) is 0 Å². The fourth-order valence-electron chi connectivity index (χ4n) is 3.07. The van der Waals surface area contributed by atoms with Crippen molar-refractivity contribution < 1.29 is 19.1 Å². The monoisotopic (exact) mass is 339 g/mol. The van der Waals surface area contributed by atoms with Gasteiger partial charge in [0.25, 0.3) is 0 Å². The largest absolute Gasteiger partial charge is 0.462 e. The third-order valence-electron chi connectivity index (χ3n) is 4.37. The van der Waals surface area contributed by atoms with Gasteiger partial charge >= 0.3 is 11.9 Å². The van der Waals surface area contributed by atoms with Crippen LogP contribution in [0, 0.1) is 5.92 Å². The van der Waals surface area contributed by atoms with Crippen molar-refractivity contribution in [2.75, 3.05) is 6.61 Å². The second-order valence-corrected chi connectivity index (χ2v) is 6.27. The molecule has 0 saturated heterocycles. The summed E-state index contributed by atoms with van der Waals surface area (Å²) in [4.78, 5) is 24.3. The highest BCUT2D eigenvalue weighted by molar-refractivity contribution is 5.90. The van der Waals surface area contributed by atoms with Gasteiger partial charge in [-0.3, -0.25) is 0 Å². The molecule has 5 nitrogen and oxygen atoms in total. The van der Waals surface area contributed by atoms with E-state index in [1.165, 1.54) is 0 Å². The standard InChI is InChI=1S/C20H21NO4/c21-17-11-16(13-24-19(22)14-7-3-1-4-8-14)18(12-17)25-20(23)15-9-5-2-6-10-15/h1-10,16-18H,11-13,21H2/t16-,17-,18+/m1/s1. The van der Waals surface area contributed by atoms with Crippen LogP contribution >= 0.6 is 0 Å². The van der Waals surface area contributed by atoms with Crippen molar-refractivity contribution in [3.63, 3.8) is 0 Å². The van der Waals surface area contributed by atoms with E-state index in [1.54, 1.807) is 48.5 Å². The molecular formula is C20H21NO4. The van der Waals surface area contributed by atoms with Crippen LogP contribution in [0.3, 0.4) is 0 Å². The Balaban J connectivity index is 1.58. The van der Waals surface area contributed by atoms with E-state index < -0.39 is 0 Å². The van der Waals surface area contributed by atoms with E-state index in [4.69, 9.17) is 15.2 Å². The minimum absolute atomic E-state index is 0.0611. The summed E-state index contributed by atoms with van der Waals surface area (Å²) >= 11 is 0. The lowest BCUT2D eigenvalue weighted by Gasteiger charge is -2.20. The predicted molar refractivity (Wildman–Crippen MR) is 93.1 cm³/mol. The van der Waals surface area contributed by atoms with Crippen molar-refractivity contribution in [3.8, 4) is 0 Å². The fourth-order valence-corrected chi connectivity index (χ4v) is 3.07. The lowest BCUT2D eigenvalue weighted by atomic mass is 10.1. The van der Waals surface area contributed by atoms with Crippen molar-refractivity contribution in [3.05, 3.63) is 71.8 Å². The maximum Gasteiger partial charge on any atom is 0.338 e. The molecule has 0 amide bonds. The number of benzene rings is 2. The zero-order valence-corrected chi connectivity index (χ0v) is 13.8. The SMILES string of the molecule is N[C@@H]1C[C@H](COC(=O)c2ccccc2)[C@@H](OC(=O)c2ccccc2)C1. The zero-order chi connectivity index (χ0) is 17.6. The van der Waals surface area contributed by atoms with Crippen LogP contribution < -0.4 is 5.73 Å². The molecule has 2 aromatic rings. The van der Waals surface area contributed by atoms with Gasteiger partial charge in [-0.15, -0.1) is 0 Å². The normalized spacial score (nSPS) is 22.4. The first-order valence-corrected chi connectivity index (χ1v) is 8.37. The van der Waals surface area contributed by atoms with Crippen LogP contribution in [0.1, 0.15) is 33.6 Å². The van der Waals surface area contributed by atoms with Crippen molar-refractivity contribution in [1.82, 2.24) is 0 Å². The van der Waals surface area contributed by atoms with Crippen LogP contribution in [0.15, 0.2) is 60.7 Å². The Morgan fingerprint density at radius 3 is 2.04 bits per heavy atom. The van der Waals surface area contributed by atoms with Crippen molar-refractivity contribution in [2.24, 2.45) is 11.7 Å². The average molecular weight is 339 g/mol. The molecule has 2 N–H and O–H groups in total. The van der Waals surface area contributed by atoms with E-state index in [-0.39, 0.29) is 36.6 Å². The Kier molecular flexibility index (Phi) is 5.46. The zero-order valence-electron chi connectivity index (χ0n) is 13.8. The van der Waals surface area contributed by atoms with Crippen LogP contribution in [0.4, 0.5) is 0 Å². The minimum atomic E-state index is -0.380. The van der Waals surface area contributed by atoms with Gasteiger partial charge in [0.05, 0.1) is 17.7 Å². The third-order valence-corrected chi connectivity index (χ3v) is 4.37. The number of hydrogen-bond donors (Lipinski definition) is 1. The molecule has 1 saturated carbocycles. The van der Waals surface area contributed by atoms with E-state index in [9.17, 15) is 9.59 Å². The second-order valence-electron chi connectivity index (χ2n) is 6.27. The highest BCUT2D eigenvalue weighted by Gasteiger charge is 2.36. The Morgan fingerprint density at radius 1 is 0.880 bits per heavy atom. The minimum Gasteiger partial charge on any atom is -0.462 e. The maximum atomic E-state index is 12.2. The molecule has 1 aliphatic rings. The van der Waals surface area contributed by atoms with Gasteiger partial charge in [-0.1, -0.05) is 36.4 Å². The summed E-state index contributed by atoms with van der Waals surface area (Å²) in [6, 6.07) is 17.6. The molecule has 3 rings (SSSR count). The molecule has 0 radical (unpaired) electrons. The summed E-state index contributed by atoms with van der Waals surface area (Å²) < 4.78 is 11.0. The number of carbonyl (C=O) groups excluding carboxylic acids is 2. The van der Waals surface area contributed by atoms with E-state index in [0.717, 1.165) is 0 Å². The van der Waals surface area contributed by atoms with E-state index >= 15 is 0 Å². The molecule has 3 atom stereocenters. The number of hydrogen-bond acceptors (Lipinski definition) is 5. The molecule has 130 valence electrons. The fraction of sp³-hybridized carbons (Fsp3) is 0.300. The first-order chi connectivity index (χ1) is 12.1. The topological polar surface area (TPSA) is 78.6 Å². The van der Waals surface area contributed by atoms with Crippen molar-refractivity contribution in [2.45, 2.75) is 25.0 Å². The molecule has 1 aliphatic carbocycles. The van der Waals surface area contributed by atoms with Gasteiger partial charge in [0.2, 0.25) is 0 Å². The third kappa shape index (κ3) is 4.45. The van der Waals surface area contributed by atoms with Gasteiger partial charge in [0.1, 0.15) is 6.10 Å². The highest BCUT2D eigenvalue weighted by atomic mass is 16.6. The average Bonchev–Trinajstić information content (AvgIpc) is 3.00. The predicted octanol–water partition coefficient (Wildman–Crippen LogP) is 2.81. The van der Waals surface area contributed by atoms with E-state index in [0.29, 0.717) is 24.0 Å². The first kappa shape index (κ1) is 17.2. The summed E-state index contributed by atoms with van der Waals surface area (Å²) in [5.74, 6) is -0.844. The molecule has 0 aliphatic heterocycles. The number of rotatable bonds is 5. The van der Waals surface area contributed by atoms with Gasteiger partial charge < -0.3 is 15.2 Å². The molecular weight excluding hydrogens is 318 g/mol. The summed E-state index contributed by atoms with van der Waals surface area (Å²) in [6.45, 7) is 0.189. The molecule has 1 fully saturated rings. The van der Waals surface area contributed by atoms with Crippen LogP contribution in [-0.4, -0.2) is 30.7 Å². The molecule has 5 heteroatoms. The Labute approximate surface area is 146 Å². The summed E-state index contributed by atoms with van der Waals surface area (Å²) in [5.41, 5.74) is 7.02. The Bertz CT molecular complexity index is 717. The molecule has 25 heavy (non-hydrogen) atoms. The summed E-state index contributed by atoms with van der Waals surface area (Å²) in [7, 11) is 0. The summed E-state index contributed by atoms with van der Waals surface area (Å²) in [6.07, 6.45) is 0.896. The lowest BCUT2D eigenvalue weighted by molar-refractivity contribution is 0.00486. The lowest BCUT2D eigenvalue weighted by Crippen LogP contribution is -2.26. The highest BCUT2D eigenvalue weighted by Crippen LogP contribution is 2.29. The molecule has 0 spiro atoms. The molecule has 0 heterocycles. The van der Waals surface area contributed by atoms with Crippen molar-refractivity contribution >= 4 is 11.9 Å². The van der Waals surface area contributed by atoms with Gasteiger partial charge in [0.15, 0.2) is 0 Å².